The van der Waals surface area contributed by atoms with E-state index in [1.54, 1.807) is 16.2 Å². The number of carbonyl (C=O) groups excluding carboxylic acids is 1. The molecule has 0 bridgehead atoms. The maximum atomic E-state index is 11.8. The summed E-state index contributed by atoms with van der Waals surface area (Å²) < 4.78 is 8.07. The van der Waals surface area contributed by atoms with Gasteiger partial charge in [0.1, 0.15) is 12.1 Å². The van der Waals surface area contributed by atoms with Crippen LogP contribution in [-0.2, 0) is 16.1 Å². The van der Waals surface area contributed by atoms with Crippen molar-refractivity contribution < 1.29 is 9.53 Å². The normalized spacial score (nSPS) is 11.3. The van der Waals surface area contributed by atoms with Crippen LogP contribution in [0.15, 0.2) is 30.6 Å². The van der Waals surface area contributed by atoms with Gasteiger partial charge in [0.15, 0.2) is 17.0 Å². The number of hydrogen-bond donors (Lipinski definition) is 0. The third kappa shape index (κ3) is 2.68. The molecule has 3 aromatic heterocycles. The zero-order valence-corrected chi connectivity index (χ0v) is 13.9. The number of fused-ring (bicyclic) bond motifs is 2. The number of rotatable bonds is 4. The quantitative estimate of drug-likeness (QED) is 0.405. The van der Waals surface area contributed by atoms with Crippen LogP contribution in [0.3, 0.4) is 0 Å². The van der Waals surface area contributed by atoms with E-state index in [0.717, 1.165) is 11.0 Å². The van der Waals surface area contributed by atoms with Gasteiger partial charge in [0, 0.05) is 0 Å². The van der Waals surface area contributed by atoms with Crippen molar-refractivity contribution in [3.05, 3.63) is 35.9 Å². The lowest BCUT2D eigenvalue weighted by Gasteiger charge is -2.05. The highest BCUT2D eigenvalue weighted by Crippen LogP contribution is 2.22. The van der Waals surface area contributed by atoms with Gasteiger partial charge in [-0.3, -0.25) is 4.79 Å². The van der Waals surface area contributed by atoms with Crippen molar-refractivity contribution in [1.29, 1.82) is 0 Å². The molecule has 0 amide bonds. The summed E-state index contributed by atoms with van der Waals surface area (Å²) in [7, 11) is 0. The van der Waals surface area contributed by atoms with Crippen molar-refractivity contribution in [3.8, 4) is 5.82 Å². The minimum absolute atomic E-state index is 0.0186. The number of nitrogens with zero attached hydrogens (tertiary/aromatic N) is 7. The molecule has 0 aliphatic carbocycles. The number of para-hydroxylation sites is 1. The average Bonchev–Trinajstić information content (AvgIpc) is 3.19. The first-order valence-corrected chi connectivity index (χ1v) is 7.90. The third-order valence-corrected chi connectivity index (χ3v) is 3.74. The molecule has 0 radical (unpaired) electrons. The summed E-state index contributed by atoms with van der Waals surface area (Å²) in [5, 5.41) is 8.27. The van der Waals surface area contributed by atoms with Gasteiger partial charge in [0.25, 0.3) is 0 Å². The van der Waals surface area contributed by atoms with Crippen LogP contribution in [0.2, 0.25) is 5.28 Å². The molecule has 0 aliphatic rings. The van der Waals surface area contributed by atoms with E-state index >= 15 is 0 Å². The molecule has 0 aliphatic heterocycles. The largest absolute Gasteiger partial charge is 0.465 e. The highest BCUT2D eigenvalue weighted by atomic mass is 35.5. The lowest BCUT2D eigenvalue weighted by molar-refractivity contribution is -0.143. The van der Waals surface area contributed by atoms with E-state index in [2.05, 4.69) is 25.3 Å². The molecule has 0 saturated carbocycles. The summed E-state index contributed by atoms with van der Waals surface area (Å²) in [6.45, 7) is 2.03. The van der Waals surface area contributed by atoms with Crippen molar-refractivity contribution in [1.82, 2.24) is 34.5 Å². The number of benzene rings is 1. The Kier molecular flexibility index (Phi) is 3.77. The van der Waals surface area contributed by atoms with Gasteiger partial charge in [-0.1, -0.05) is 17.3 Å². The summed E-state index contributed by atoms with van der Waals surface area (Å²) in [4.78, 5) is 24.5. The fourth-order valence-corrected chi connectivity index (χ4v) is 2.70. The van der Waals surface area contributed by atoms with Gasteiger partial charge >= 0.3 is 5.97 Å². The molecule has 4 rings (SSSR count). The van der Waals surface area contributed by atoms with Crippen LogP contribution < -0.4 is 0 Å². The van der Waals surface area contributed by atoms with Crippen LogP contribution >= 0.6 is 11.6 Å². The first-order chi connectivity index (χ1) is 12.2. The summed E-state index contributed by atoms with van der Waals surface area (Å²) in [6.07, 6.45) is 1.50. The summed E-state index contributed by atoms with van der Waals surface area (Å²) in [5.74, 6) is 0.00981. The predicted molar refractivity (Wildman–Crippen MR) is 89.4 cm³/mol. The van der Waals surface area contributed by atoms with E-state index in [0.29, 0.717) is 23.6 Å². The molecule has 1 aromatic carbocycles. The van der Waals surface area contributed by atoms with E-state index in [-0.39, 0.29) is 17.8 Å². The third-order valence-electron chi connectivity index (χ3n) is 3.58. The van der Waals surface area contributed by atoms with Crippen LogP contribution in [0.4, 0.5) is 0 Å². The Balaban J connectivity index is 1.88. The van der Waals surface area contributed by atoms with Crippen LogP contribution in [0.5, 0.6) is 0 Å². The molecular weight excluding hydrogens is 346 g/mol. The molecule has 0 N–H and O–H groups in total. The molecule has 0 unspecified atom stereocenters. The molecule has 0 spiro atoms. The number of ether oxygens (including phenoxy) is 1. The molecule has 3 heterocycles. The van der Waals surface area contributed by atoms with Crippen molar-refractivity contribution >= 4 is 39.8 Å². The van der Waals surface area contributed by atoms with Crippen molar-refractivity contribution in [2.45, 2.75) is 13.5 Å². The number of carbonyl (C=O) groups is 1. The molecule has 25 heavy (non-hydrogen) atoms. The Labute approximate surface area is 146 Å². The number of imidazole rings is 1. The topological polar surface area (TPSA) is 101 Å². The van der Waals surface area contributed by atoms with Crippen molar-refractivity contribution in [2.24, 2.45) is 0 Å². The van der Waals surface area contributed by atoms with Crippen LogP contribution in [0.1, 0.15) is 6.92 Å². The van der Waals surface area contributed by atoms with Crippen LogP contribution in [0, 0.1) is 0 Å². The molecule has 4 aromatic rings. The maximum absolute atomic E-state index is 11.8. The number of esters is 1. The smallest absolute Gasteiger partial charge is 0.326 e. The van der Waals surface area contributed by atoms with Crippen LogP contribution in [0.25, 0.3) is 28.0 Å². The Morgan fingerprint density at radius 1 is 1.28 bits per heavy atom. The molecule has 126 valence electrons. The zero-order valence-electron chi connectivity index (χ0n) is 13.1. The molecule has 10 heteroatoms. The molecule has 0 atom stereocenters. The second-order valence-corrected chi connectivity index (χ2v) is 5.49. The van der Waals surface area contributed by atoms with Gasteiger partial charge in [-0.25, -0.2) is 4.98 Å². The first kappa shape index (κ1) is 15.5. The highest BCUT2D eigenvalue weighted by molar-refractivity contribution is 6.28. The second-order valence-electron chi connectivity index (χ2n) is 5.16. The monoisotopic (exact) mass is 357 g/mol. The SMILES string of the molecule is CCOC(=O)Cn1cnc2c(-n3nnc4ccccc43)nc(Cl)nc21. The second kappa shape index (κ2) is 6.10. The average molecular weight is 358 g/mol. The molecule has 9 nitrogen and oxygen atoms in total. The number of aromatic nitrogens is 7. The van der Waals surface area contributed by atoms with E-state index in [1.165, 1.54) is 6.33 Å². The molecular formula is C15H12ClN7O2. The van der Waals surface area contributed by atoms with Gasteiger partial charge in [-0.2, -0.15) is 14.6 Å². The van der Waals surface area contributed by atoms with Gasteiger partial charge in [-0.05, 0) is 30.7 Å². The van der Waals surface area contributed by atoms with Gasteiger partial charge < -0.3 is 9.30 Å². The first-order valence-electron chi connectivity index (χ1n) is 7.52. The van der Waals surface area contributed by atoms with Crippen molar-refractivity contribution in [3.63, 3.8) is 0 Å². The fraction of sp³-hybridized carbons (Fsp3) is 0.200. The minimum Gasteiger partial charge on any atom is -0.465 e. The van der Waals surface area contributed by atoms with Gasteiger partial charge in [0.05, 0.1) is 18.5 Å². The fourth-order valence-electron chi connectivity index (χ4n) is 2.54. The minimum atomic E-state index is -0.385. The van der Waals surface area contributed by atoms with Gasteiger partial charge in [-0.15, -0.1) is 5.10 Å². The predicted octanol–water partition coefficient (Wildman–Crippen LogP) is 1.78. The van der Waals surface area contributed by atoms with Crippen molar-refractivity contribution in [2.75, 3.05) is 6.61 Å². The van der Waals surface area contributed by atoms with E-state index in [1.807, 2.05) is 24.3 Å². The zero-order chi connectivity index (χ0) is 17.4. The Bertz CT molecular complexity index is 1090. The Morgan fingerprint density at radius 3 is 2.96 bits per heavy atom. The Hall–Kier alpha value is -3.07. The summed E-state index contributed by atoms with van der Waals surface area (Å²) in [6, 6.07) is 7.46. The van der Waals surface area contributed by atoms with Crippen LogP contribution in [-0.4, -0.2) is 47.1 Å². The number of hydrogen-bond acceptors (Lipinski definition) is 7. The Morgan fingerprint density at radius 2 is 2.12 bits per heavy atom. The lowest BCUT2D eigenvalue weighted by atomic mass is 10.3. The standard InChI is InChI=1S/C15H12ClN7O2/c1-2-25-11(24)7-22-8-17-12-13(22)18-15(16)19-14(12)23-10-6-4-3-5-9(10)20-21-23/h3-6,8H,2,7H2,1H3. The molecule has 0 saturated heterocycles. The summed E-state index contributed by atoms with van der Waals surface area (Å²) in [5.41, 5.74) is 2.36. The molecule has 0 fully saturated rings. The van der Waals surface area contributed by atoms with E-state index in [9.17, 15) is 4.79 Å². The highest BCUT2D eigenvalue weighted by Gasteiger charge is 2.18. The maximum Gasteiger partial charge on any atom is 0.326 e. The number of halogens is 1. The summed E-state index contributed by atoms with van der Waals surface area (Å²) >= 11 is 6.08. The van der Waals surface area contributed by atoms with Gasteiger partial charge in [0.2, 0.25) is 5.28 Å². The van der Waals surface area contributed by atoms with E-state index < -0.39 is 0 Å². The van der Waals surface area contributed by atoms with E-state index in [4.69, 9.17) is 16.3 Å². The lowest BCUT2D eigenvalue weighted by Crippen LogP contribution is -2.13.